The lowest BCUT2D eigenvalue weighted by atomic mass is 9.97. The Morgan fingerprint density at radius 3 is 2.81 bits per heavy atom. The molecule has 0 spiro atoms. The van der Waals surface area contributed by atoms with Crippen molar-refractivity contribution >= 4 is 33.3 Å². The number of carbonyl (C=O) groups is 1. The van der Waals surface area contributed by atoms with E-state index in [0.717, 1.165) is 62.2 Å². The minimum atomic E-state index is -0.00875. The Bertz CT molecular complexity index is 816. The molecule has 8 heteroatoms. The Morgan fingerprint density at radius 2 is 2.00 bits per heavy atom. The monoisotopic (exact) mass is 389 g/mol. The van der Waals surface area contributed by atoms with Gasteiger partial charge in [-0.15, -0.1) is 11.3 Å². The van der Waals surface area contributed by atoms with Crippen LogP contribution in [0.25, 0.3) is 10.2 Å². The topological polar surface area (TPSA) is 79.4 Å². The zero-order chi connectivity index (χ0) is 18.6. The standard InChI is InChI=1S/C19H27N5O2S/c1-13(25)20-6-7-21-18-17-14-4-2-3-5-15(14)27-19(17)23-16(22-18)12-24-8-10-26-11-9-24/h2-12H2,1H3,(H,20,25)(H,21,22,23). The number of morpholine rings is 1. The summed E-state index contributed by atoms with van der Waals surface area (Å²) in [7, 11) is 0. The van der Waals surface area contributed by atoms with Crippen molar-refractivity contribution in [2.45, 2.75) is 39.2 Å². The second-order valence-electron chi connectivity index (χ2n) is 7.18. The van der Waals surface area contributed by atoms with Gasteiger partial charge in [0.1, 0.15) is 16.5 Å². The van der Waals surface area contributed by atoms with Crippen molar-refractivity contribution in [3.8, 4) is 0 Å². The molecule has 0 unspecified atom stereocenters. The molecule has 1 aliphatic carbocycles. The molecule has 1 amide bonds. The van der Waals surface area contributed by atoms with Crippen LogP contribution in [0.5, 0.6) is 0 Å². The lowest BCUT2D eigenvalue weighted by Crippen LogP contribution is -2.36. The van der Waals surface area contributed by atoms with Gasteiger partial charge in [-0.3, -0.25) is 9.69 Å². The fourth-order valence-electron chi connectivity index (χ4n) is 3.78. The quantitative estimate of drug-likeness (QED) is 0.735. The molecular weight excluding hydrogens is 362 g/mol. The number of rotatable bonds is 6. The second kappa shape index (κ2) is 8.50. The Labute approximate surface area is 163 Å². The van der Waals surface area contributed by atoms with Crippen LogP contribution < -0.4 is 10.6 Å². The highest BCUT2D eigenvalue weighted by Gasteiger charge is 2.22. The van der Waals surface area contributed by atoms with Crippen LogP contribution >= 0.6 is 11.3 Å². The first-order valence-corrected chi connectivity index (χ1v) is 10.6. The van der Waals surface area contributed by atoms with Crippen LogP contribution in [0.2, 0.25) is 0 Å². The van der Waals surface area contributed by atoms with Gasteiger partial charge in [0.2, 0.25) is 5.91 Å². The smallest absolute Gasteiger partial charge is 0.216 e. The van der Waals surface area contributed by atoms with Crippen LogP contribution in [0.1, 0.15) is 36.0 Å². The van der Waals surface area contributed by atoms with Crippen LogP contribution in [0, 0.1) is 0 Å². The van der Waals surface area contributed by atoms with Crippen molar-refractivity contribution < 1.29 is 9.53 Å². The largest absolute Gasteiger partial charge is 0.379 e. The summed E-state index contributed by atoms with van der Waals surface area (Å²) in [4.78, 5) is 25.8. The Hall–Kier alpha value is -1.77. The van der Waals surface area contributed by atoms with Gasteiger partial charge in [-0.25, -0.2) is 9.97 Å². The molecule has 0 bridgehead atoms. The average Bonchev–Trinajstić information content (AvgIpc) is 3.04. The number of hydrogen-bond donors (Lipinski definition) is 2. The molecule has 0 radical (unpaired) electrons. The highest BCUT2D eigenvalue weighted by molar-refractivity contribution is 7.19. The van der Waals surface area contributed by atoms with Gasteiger partial charge in [0.05, 0.1) is 25.1 Å². The number of thiophene rings is 1. The lowest BCUT2D eigenvalue weighted by Gasteiger charge is -2.25. The Balaban J connectivity index is 1.61. The zero-order valence-electron chi connectivity index (χ0n) is 15.8. The lowest BCUT2D eigenvalue weighted by molar-refractivity contribution is -0.118. The maximum atomic E-state index is 11.1. The van der Waals surface area contributed by atoms with E-state index in [4.69, 9.17) is 14.7 Å². The Kier molecular flexibility index (Phi) is 5.85. The van der Waals surface area contributed by atoms with E-state index in [1.54, 1.807) is 6.92 Å². The number of aryl methyl sites for hydroxylation is 2. The number of carbonyl (C=O) groups excluding carboxylic acids is 1. The normalized spacial score (nSPS) is 17.7. The number of nitrogens with zero attached hydrogens (tertiary/aromatic N) is 3. The molecular formula is C19H27N5O2S. The first-order valence-electron chi connectivity index (χ1n) is 9.80. The van der Waals surface area contributed by atoms with Crippen molar-refractivity contribution in [3.63, 3.8) is 0 Å². The Morgan fingerprint density at radius 1 is 1.19 bits per heavy atom. The number of nitrogens with one attached hydrogen (secondary N) is 2. The van der Waals surface area contributed by atoms with Gasteiger partial charge < -0.3 is 15.4 Å². The van der Waals surface area contributed by atoms with Crippen LogP contribution in [-0.4, -0.2) is 60.2 Å². The third kappa shape index (κ3) is 4.39. The molecule has 3 heterocycles. The number of anilines is 1. The van der Waals surface area contributed by atoms with E-state index in [1.165, 1.54) is 28.7 Å². The van der Waals surface area contributed by atoms with Gasteiger partial charge in [-0.2, -0.15) is 0 Å². The van der Waals surface area contributed by atoms with Gasteiger partial charge >= 0.3 is 0 Å². The summed E-state index contributed by atoms with van der Waals surface area (Å²) in [5.41, 5.74) is 1.43. The number of amides is 1. The van der Waals surface area contributed by atoms with E-state index in [2.05, 4.69) is 15.5 Å². The second-order valence-corrected chi connectivity index (χ2v) is 8.26. The molecule has 1 aliphatic heterocycles. The SMILES string of the molecule is CC(=O)NCCNc1nc(CN2CCOCC2)nc2sc3c(c12)CCCC3. The van der Waals surface area contributed by atoms with Gasteiger partial charge in [0.15, 0.2) is 0 Å². The van der Waals surface area contributed by atoms with Crippen molar-refractivity contribution in [3.05, 3.63) is 16.3 Å². The number of hydrogen-bond acceptors (Lipinski definition) is 7. The highest BCUT2D eigenvalue weighted by atomic mass is 32.1. The van der Waals surface area contributed by atoms with E-state index >= 15 is 0 Å². The van der Waals surface area contributed by atoms with Crippen LogP contribution in [0.3, 0.4) is 0 Å². The van der Waals surface area contributed by atoms with E-state index in [1.807, 2.05) is 11.3 Å². The molecule has 1 saturated heterocycles. The fourth-order valence-corrected chi connectivity index (χ4v) is 5.06. The minimum Gasteiger partial charge on any atom is -0.379 e. The summed E-state index contributed by atoms with van der Waals surface area (Å²) in [6.07, 6.45) is 4.77. The summed E-state index contributed by atoms with van der Waals surface area (Å²) in [5.74, 6) is 1.78. The summed E-state index contributed by atoms with van der Waals surface area (Å²) >= 11 is 1.83. The molecule has 2 aromatic rings. The number of aromatic nitrogens is 2. The third-order valence-corrected chi connectivity index (χ3v) is 6.31. The molecule has 0 atom stereocenters. The van der Waals surface area contributed by atoms with Crippen molar-refractivity contribution in [2.75, 3.05) is 44.7 Å². The molecule has 4 rings (SSSR count). The third-order valence-electron chi connectivity index (χ3n) is 5.12. The molecule has 2 aromatic heterocycles. The molecule has 7 nitrogen and oxygen atoms in total. The summed E-state index contributed by atoms with van der Waals surface area (Å²) in [6.45, 7) is 6.94. The van der Waals surface area contributed by atoms with Crippen molar-refractivity contribution in [1.29, 1.82) is 0 Å². The van der Waals surface area contributed by atoms with Crippen LogP contribution in [0.15, 0.2) is 0 Å². The van der Waals surface area contributed by atoms with Crippen LogP contribution in [-0.2, 0) is 28.9 Å². The summed E-state index contributed by atoms with van der Waals surface area (Å²) < 4.78 is 5.44. The van der Waals surface area contributed by atoms with E-state index in [0.29, 0.717) is 13.1 Å². The maximum absolute atomic E-state index is 11.1. The van der Waals surface area contributed by atoms with E-state index in [9.17, 15) is 4.79 Å². The van der Waals surface area contributed by atoms with Crippen LogP contribution in [0.4, 0.5) is 5.82 Å². The number of fused-ring (bicyclic) bond motifs is 3. The van der Waals surface area contributed by atoms with E-state index in [-0.39, 0.29) is 5.91 Å². The summed E-state index contributed by atoms with van der Waals surface area (Å²) in [6, 6.07) is 0. The molecule has 27 heavy (non-hydrogen) atoms. The van der Waals surface area contributed by atoms with Gasteiger partial charge in [-0.1, -0.05) is 0 Å². The molecule has 146 valence electrons. The molecule has 2 aliphatic rings. The van der Waals surface area contributed by atoms with Gasteiger partial charge in [0.25, 0.3) is 0 Å². The predicted octanol–water partition coefficient (Wildman–Crippen LogP) is 1.95. The molecule has 1 fully saturated rings. The molecule has 2 N–H and O–H groups in total. The van der Waals surface area contributed by atoms with E-state index < -0.39 is 0 Å². The zero-order valence-corrected chi connectivity index (χ0v) is 16.7. The average molecular weight is 390 g/mol. The van der Waals surface area contributed by atoms with Crippen molar-refractivity contribution in [1.82, 2.24) is 20.2 Å². The maximum Gasteiger partial charge on any atom is 0.216 e. The van der Waals surface area contributed by atoms with Gasteiger partial charge in [-0.05, 0) is 31.2 Å². The summed E-state index contributed by atoms with van der Waals surface area (Å²) in [5, 5.41) is 7.49. The fraction of sp³-hybridized carbons (Fsp3) is 0.632. The molecule has 0 aromatic carbocycles. The molecule has 0 saturated carbocycles. The first-order chi connectivity index (χ1) is 13.2. The number of ether oxygens (including phenoxy) is 1. The van der Waals surface area contributed by atoms with Gasteiger partial charge in [0, 0.05) is 38.0 Å². The predicted molar refractivity (Wildman–Crippen MR) is 107 cm³/mol. The van der Waals surface area contributed by atoms with Crippen molar-refractivity contribution in [2.24, 2.45) is 0 Å². The first kappa shape index (κ1) is 18.6. The minimum absolute atomic E-state index is 0.00875. The highest BCUT2D eigenvalue weighted by Crippen LogP contribution is 2.38.